The largest absolute Gasteiger partial charge is 0.345 e. The van der Waals surface area contributed by atoms with E-state index in [-0.39, 0.29) is 0 Å². The maximum atomic E-state index is 2.26. The molecule has 0 radical (unpaired) electrons. The number of hydrogen-bond donors (Lipinski definition) is 0. The van der Waals surface area contributed by atoms with Gasteiger partial charge in [-0.1, -0.05) is 29.8 Å². The van der Waals surface area contributed by atoms with Crippen LogP contribution < -0.4 is 9.80 Å². The Hall–Kier alpha value is -2.56. The van der Waals surface area contributed by atoms with E-state index < -0.39 is 0 Å². The Labute approximate surface area is 175 Å². The summed E-state index contributed by atoms with van der Waals surface area (Å²) in [4.78, 5) is 5.87. The standard InChI is InChI=1S/C24H24N2S2/c1-18-6-10-20(11-7-18)25(2)21-12-8-19(9-13-21)17-22-14-15-24(28-22)26(3)23-5-4-16-27-23/h4-16H,17H2,1-3H3. The van der Waals surface area contributed by atoms with Gasteiger partial charge in [0.05, 0.1) is 10.0 Å². The zero-order valence-electron chi connectivity index (χ0n) is 16.4. The summed E-state index contributed by atoms with van der Waals surface area (Å²) in [5.74, 6) is 0. The third-order valence-electron chi connectivity index (χ3n) is 4.94. The maximum absolute atomic E-state index is 2.26. The molecule has 2 heterocycles. The molecule has 0 fully saturated rings. The Morgan fingerprint density at radius 3 is 2.04 bits per heavy atom. The van der Waals surface area contributed by atoms with Crippen LogP contribution in [0.15, 0.2) is 78.2 Å². The molecule has 4 rings (SSSR count). The minimum Gasteiger partial charge on any atom is -0.345 e. The van der Waals surface area contributed by atoms with Crippen molar-refractivity contribution in [3.8, 4) is 0 Å². The van der Waals surface area contributed by atoms with Gasteiger partial charge >= 0.3 is 0 Å². The lowest BCUT2D eigenvalue weighted by Gasteiger charge is -2.20. The molecule has 2 nitrogen and oxygen atoms in total. The van der Waals surface area contributed by atoms with Crippen LogP contribution in [0.3, 0.4) is 0 Å². The minimum absolute atomic E-state index is 0.970. The zero-order valence-corrected chi connectivity index (χ0v) is 18.1. The fraction of sp³-hybridized carbons (Fsp3) is 0.167. The first-order valence-electron chi connectivity index (χ1n) is 9.35. The van der Waals surface area contributed by atoms with E-state index in [1.807, 2.05) is 11.3 Å². The van der Waals surface area contributed by atoms with Gasteiger partial charge in [0.1, 0.15) is 0 Å². The van der Waals surface area contributed by atoms with Crippen molar-refractivity contribution in [2.24, 2.45) is 0 Å². The number of rotatable bonds is 6. The van der Waals surface area contributed by atoms with Gasteiger partial charge in [-0.3, -0.25) is 0 Å². The van der Waals surface area contributed by atoms with Gasteiger partial charge < -0.3 is 9.80 Å². The molecular weight excluding hydrogens is 380 g/mol. The van der Waals surface area contributed by atoms with Crippen LogP contribution in [0.25, 0.3) is 0 Å². The van der Waals surface area contributed by atoms with Crippen molar-refractivity contribution in [1.82, 2.24) is 0 Å². The lowest BCUT2D eigenvalue weighted by Crippen LogP contribution is -2.09. The molecule has 0 unspecified atom stereocenters. The average molecular weight is 405 g/mol. The van der Waals surface area contributed by atoms with Crippen LogP contribution in [0, 0.1) is 6.92 Å². The predicted octanol–water partition coefficient (Wildman–Crippen LogP) is 7.24. The summed E-state index contributed by atoms with van der Waals surface area (Å²) in [5.41, 5.74) is 5.04. The zero-order chi connectivity index (χ0) is 19.5. The number of aryl methyl sites for hydroxylation is 1. The molecule has 0 saturated heterocycles. The van der Waals surface area contributed by atoms with Gasteiger partial charge in [0.2, 0.25) is 0 Å². The van der Waals surface area contributed by atoms with E-state index in [9.17, 15) is 0 Å². The quantitative estimate of drug-likeness (QED) is 0.334. The summed E-state index contributed by atoms with van der Waals surface area (Å²) >= 11 is 3.64. The molecule has 0 aliphatic heterocycles. The Balaban J connectivity index is 1.44. The normalized spacial score (nSPS) is 10.8. The molecule has 0 spiro atoms. The number of benzene rings is 2. The first-order chi connectivity index (χ1) is 13.6. The Morgan fingerprint density at radius 1 is 0.714 bits per heavy atom. The first kappa shape index (κ1) is 18.8. The van der Waals surface area contributed by atoms with E-state index >= 15 is 0 Å². The van der Waals surface area contributed by atoms with Crippen molar-refractivity contribution >= 4 is 44.1 Å². The molecule has 142 valence electrons. The molecule has 4 heteroatoms. The monoisotopic (exact) mass is 404 g/mol. The van der Waals surface area contributed by atoms with Gasteiger partial charge in [0, 0.05) is 36.8 Å². The van der Waals surface area contributed by atoms with Crippen LogP contribution in [0.4, 0.5) is 21.4 Å². The summed E-state index contributed by atoms with van der Waals surface area (Å²) in [6, 6.07) is 26.3. The lowest BCUT2D eigenvalue weighted by atomic mass is 10.1. The number of thiophene rings is 2. The van der Waals surface area contributed by atoms with Crippen molar-refractivity contribution in [2.75, 3.05) is 23.9 Å². The van der Waals surface area contributed by atoms with Crippen LogP contribution in [-0.4, -0.2) is 14.1 Å². The molecule has 0 saturated carbocycles. The van der Waals surface area contributed by atoms with Crippen molar-refractivity contribution in [2.45, 2.75) is 13.3 Å². The van der Waals surface area contributed by atoms with Gasteiger partial charge in [0.25, 0.3) is 0 Å². The summed E-state index contributed by atoms with van der Waals surface area (Å²) in [5, 5.41) is 4.68. The summed E-state index contributed by atoms with van der Waals surface area (Å²) < 4.78 is 0. The summed E-state index contributed by atoms with van der Waals surface area (Å²) in [6.45, 7) is 2.12. The first-order valence-corrected chi connectivity index (χ1v) is 11.0. The predicted molar refractivity (Wildman–Crippen MR) is 125 cm³/mol. The second-order valence-electron chi connectivity index (χ2n) is 6.99. The molecule has 0 atom stereocenters. The molecule has 0 aliphatic rings. The summed E-state index contributed by atoms with van der Waals surface area (Å²) in [6.07, 6.45) is 0.970. The number of hydrogen-bond acceptors (Lipinski definition) is 4. The van der Waals surface area contributed by atoms with Crippen molar-refractivity contribution in [1.29, 1.82) is 0 Å². The molecule has 2 aromatic carbocycles. The van der Waals surface area contributed by atoms with Crippen LogP contribution >= 0.6 is 22.7 Å². The number of nitrogens with zero attached hydrogens (tertiary/aromatic N) is 2. The Morgan fingerprint density at radius 2 is 1.39 bits per heavy atom. The van der Waals surface area contributed by atoms with Crippen LogP contribution in [0.5, 0.6) is 0 Å². The molecule has 4 aromatic rings. The smallest absolute Gasteiger partial charge is 0.0959 e. The van der Waals surface area contributed by atoms with Gasteiger partial charge in [-0.2, -0.15) is 0 Å². The molecule has 28 heavy (non-hydrogen) atoms. The Kier molecular flexibility index (Phi) is 5.51. The highest BCUT2D eigenvalue weighted by molar-refractivity contribution is 7.17. The molecule has 0 aliphatic carbocycles. The van der Waals surface area contributed by atoms with Gasteiger partial charge in [-0.05, 0) is 66.4 Å². The Bertz CT molecular complexity index is 1020. The maximum Gasteiger partial charge on any atom is 0.0959 e. The average Bonchev–Trinajstić information content (AvgIpc) is 3.40. The van der Waals surface area contributed by atoms with E-state index in [2.05, 4.69) is 109 Å². The van der Waals surface area contributed by atoms with Crippen molar-refractivity contribution in [3.05, 3.63) is 94.2 Å². The number of anilines is 4. The molecule has 2 aromatic heterocycles. The second-order valence-corrected chi connectivity index (χ2v) is 9.06. The molecular formula is C24H24N2S2. The fourth-order valence-electron chi connectivity index (χ4n) is 3.17. The molecule has 0 N–H and O–H groups in total. The van der Waals surface area contributed by atoms with Crippen LogP contribution in [0.1, 0.15) is 16.0 Å². The highest BCUT2D eigenvalue weighted by atomic mass is 32.1. The third kappa shape index (κ3) is 4.13. The lowest BCUT2D eigenvalue weighted by molar-refractivity contribution is 1.18. The summed E-state index contributed by atoms with van der Waals surface area (Å²) in [7, 11) is 4.25. The third-order valence-corrected chi connectivity index (χ3v) is 7.04. The van der Waals surface area contributed by atoms with E-state index in [0.717, 1.165) is 6.42 Å². The van der Waals surface area contributed by atoms with E-state index in [1.54, 1.807) is 11.3 Å². The van der Waals surface area contributed by atoms with Crippen LogP contribution in [0.2, 0.25) is 0 Å². The van der Waals surface area contributed by atoms with Gasteiger partial charge in [-0.15, -0.1) is 22.7 Å². The van der Waals surface area contributed by atoms with E-state index in [1.165, 1.54) is 37.4 Å². The van der Waals surface area contributed by atoms with E-state index in [0.29, 0.717) is 0 Å². The fourth-order valence-corrected chi connectivity index (χ4v) is 4.95. The topological polar surface area (TPSA) is 6.48 Å². The van der Waals surface area contributed by atoms with Gasteiger partial charge in [0.15, 0.2) is 0 Å². The van der Waals surface area contributed by atoms with Crippen molar-refractivity contribution in [3.63, 3.8) is 0 Å². The molecule has 0 bridgehead atoms. The van der Waals surface area contributed by atoms with Crippen LogP contribution in [-0.2, 0) is 6.42 Å². The molecule has 0 amide bonds. The highest BCUT2D eigenvalue weighted by Gasteiger charge is 2.09. The van der Waals surface area contributed by atoms with Crippen molar-refractivity contribution < 1.29 is 0 Å². The second kappa shape index (κ2) is 8.21. The van der Waals surface area contributed by atoms with Gasteiger partial charge in [-0.25, -0.2) is 0 Å². The highest BCUT2D eigenvalue weighted by Crippen LogP contribution is 2.34. The minimum atomic E-state index is 0.970. The SMILES string of the molecule is Cc1ccc(N(C)c2ccc(Cc3ccc(N(C)c4cccs4)s3)cc2)cc1. The van der Waals surface area contributed by atoms with E-state index in [4.69, 9.17) is 0 Å².